The van der Waals surface area contributed by atoms with Crippen LogP contribution in [0.4, 0.5) is 0 Å². The van der Waals surface area contributed by atoms with Gasteiger partial charge in [-0.3, -0.25) is 0 Å². The van der Waals surface area contributed by atoms with Gasteiger partial charge in [0.05, 0.1) is 16.6 Å². The Morgan fingerprint density at radius 1 is 1.25 bits per heavy atom. The van der Waals surface area contributed by atoms with Gasteiger partial charge >= 0.3 is 0 Å². The number of hydrogen-bond donors (Lipinski definition) is 1. The molecule has 2 unspecified atom stereocenters. The SMILES string of the molecule is CC1CCCC(N)(c2nc3ccccc3n2C2CC2)C1. The van der Waals surface area contributed by atoms with Crippen LogP contribution < -0.4 is 5.73 Å². The number of benzene rings is 1. The molecule has 20 heavy (non-hydrogen) atoms. The quantitative estimate of drug-likeness (QED) is 0.902. The van der Waals surface area contributed by atoms with E-state index < -0.39 is 0 Å². The minimum atomic E-state index is -0.223. The van der Waals surface area contributed by atoms with Crippen LogP contribution in [0.3, 0.4) is 0 Å². The third-order valence-corrected chi connectivity index (χ3v) is 4.99. The summed E-state index contributed by atoms with van der Waals surface area (Å²) in [4.78, 5) is 4.94. The number of hydrogen-bond acceptors (Lipinski definition) is 2. The molecule has 106 valence electrons. The molecule has 1 aromatic carbocycles. The standard InChI is InChI=1S/C17H23N3/c1-12-5-4-10-17(18,11-12)16-19-14-6-2-3-7-15(14)20(16)13-8-9-13/h2-3,6-7,12-13H,4-5,8-11,18H2,1H3. The molecule has 2 saturated carbocycles. The van der Waals surface area contributed by atoms with Crippen molar-refractivity contribution in [2.24, 2.45) is 11.7 Å². The molecule has 0 saturated heterocycles. The molecule has 0 spiro atoms. The van der Waals surface area contributed by atoms with Crippen LogP contribution in [0.25, 0.3) is 11.0 Å². The molecule has 3 heteroatoms. The van der Waals surface area contributed by atoms with Gasteiger partial charge in [0.2, 0.25) is 0 Å². The van der Waals surface area contributed by atoms with Crippen LogP contribution in [-0.4, -0.2) is 9.55 Å². The van der Waals surface area contributed by atoms with E-state index in [9.17, 15) is 0 Å². The van der Waals surface area contributed by atoms with Crippen LogP contribution in [0, 0.1) is 5.92 Å². The second-order valence-corrected chi connectivity index (χ2v) is 6.88. The van der Waals surface area contributed by atoms with Crippen molar-refractivity contribution in [1.82, 2.24) is 9.55 Å². The van der Waals surface area contributed by atoms with E-state index in [-0.39, 0.29) is 5.54 Å². The molecule has 0 aliphatic heterocycles. The van der Waals surface area contributed by atoms with Crippen LogP contribution in [-0.2, 0) is 5.54 Å². The summed E-state index contributed by atoms with van der Waals surface area (Å²) in [5.41, 5.74) is 8.97. The Morgan fingerprint density at radius 2 is 2.05 bits per heavy atom. The summed E-state index contributed by atoms with van der Waals surface area (Å²) in [6.45, 7) is 2.32. The Kier molecular flexibility index (Phi) is 2.68. The average molecular weight is 269 g/mol. The average Bonchev–Trinajstić information content (AvgIpc) is 3.18. The largest absolute Gasteiger partial charge is 0.323 e. The summed E-state index contributed by atoms with van der Waals surface area (Å²) in [6, 6.07) is 9.13. The van der Waals surface area contributed by atoms with Gasteiger partial charge in [-0.25, -0.2) is 4.98 Å². The summed E-state index contributed by atoms with van der Waals surface area (Å²) in [7, 11) is 0. The molecule has 0 bridgehead atoms. The number of imidazole rings is 1. The van der Waals surface area contributed by atoms with Crippen molar-refractivity contribution in [3.63, 3.8) is 0 Å². The van der Waals surface area contributed by atoms with Crippen LogP contribution >= 0.6 is 0 Å². The highest BCUT2D eigenvalue weighted by molar-refractivity contribution is 5.76. The maximum atomic E-state index is 6.82. The maximum Gasteiger partial charge on any atom is 0.130 e. The normalized spacial score (nSPS) is 30.8. The Morgan fingerprint density at radius 3 is 2.80 bits per heavy atom. The van der Waals surface area contributed by atoms with Crippen molar-refractivity contribution in [2.75, 3.05) is 0 Å². The first-order chi connectivity index (χ1) is 9.67. The summed E-state index contributed by atoms with van der Waals surface area (Å²) in [6.07, 6.45) is 7.24. The van der Waals surface area contributed by atoms with Gasteiger partial charge in [-0.15, -0.1) is 0 Å². The van der Waals surface area contributed by atoms with Crippen molar-refractivity contribution < 1.29 is 0 Å². The molecular weight excluding hydrogens is 246 g/mol. The molecule has 2 fully saturated rings. The first kappa shape index (κ1) is 12.4. The van der Waals surface area contributed by atoms with Crippen molar-refractivity contribution in [1.29, 1.82) is 0 Å². The highest BCUT2D eigenvalue weighted by atomic mass is 15.2. The second kappa shape index (κ2) is 4.32. The van der Waals surface area contributed by atoms with Gasteiger partial charge in [0.1, 0.15) is 5.82 Å². The summed E-state index contributed by atoms with van der Waals surface area (Å²) >= 11 is 0. The number of para-hydroxylation sites is 2. The molecule has 1 aromatic heterocycles. The van der Waals surface area contributed by atoms with Gasteiger partial charge < -0.3 is 10.3 Å². The minimum absolute atomic E-state index is 0.223. The number of fused-ring (bicyclic) bond motifs is 1. The lowest BCUT2D eigenvalue weighted by Gasteiger charge is -2.36. The summed E-state index contributed by atoms with van der Waals surface area (Å²) in [5, 5.41) is 0. The fourth-order valence-corrected chi connectivity index (χ4v) is 3.89. The molecule has 1 heterocycles. The van der Waals surface area contributed by atoms with Gasteiger partial charge in [0, 0.05) is 6.04 Å². The maximum absolute atomic E-state index is 6.82. The first-order valence-corrected chi connectivity index (χ1v) is 7.94. The molecule has 0 radical (unpaired) electrons. The molecular formula is C17H23N3. The number of nitrogens with zero attached hydrogens (tertiary/aromatic N) is 2. The topological polar surface area (TPSA) is 43.8 Å². The van der Waals surface area contributed by atoms with E-state index >= 15 is 0 Å². The van der Waals surface area contributed by atoms with E-state index in [1.807, 2.05) is 0 Å². The molecule has 2 atom stereocenters. The lowest BCUT2D eigenvalue weighted by molar-refractivity contribution is 0.223. The third kappa shape index (κ3) is 1.87. The summed E-state index contributed by atoms with van der Waals surface area (Å²) < 4.78 is 2.45. The van der Waals surface area contributed by atoms with Gasteiger partial charge in [-0.05, 0) is 43.7 Å². The monoisotopic (exact) mass is 269 g/mol. The molecule has 2 aromatic rings. The fourth-order valence-electron chi connectivity index (χ4n) is 3.89. The Bertz CT molecular complexity index is 641. The van der Waals surface area contributed by atoms with Crippen LogP contribution in [0.1, 0.15) is 57.3 Å². The predicted molar refractivity (Wildman–Crippen MR) is 81.5 cm³/mol. The van der Waals surface area contributed by atoms with Crippen molar-refractivity contribution >= 4 is 11.0 Å². The van der Waals surface area contributed by atoms with E-state index in [1.54, 1.807) is 0 Å². The second-order valence-electron chi connectivity index (χ2n) is 6.88. The van der Waals surface area contributed by atoms with Gasteiger partial charge in [0.15, 0.2) is 0 Å². The molecule has 3 nitrogen and oxygen atoms in total. The van der Waals surface area contributed by atoms with Crippen LogP contribution in [0.15, 0.2) is 24.3 Å². The molecule has 2 N–H and O–H groups in total. The molecule has 2 aliphatic carbocycles. The van der Waals surface area contributed by atoms with Crippen LogP contribution in [0.5, 0.6) is 0 Å². The van der Waals surface area contributed by atoms with Crippen molar-refractivity contribution in [3.8, 4) is 0 Å². The zero-order valence-corrected chi connectivity index (χ0v) is 12.2. The molecule has 0 amide bonds. The van der Waals surface area contributed by atoms with Gasteiger partial charge in [-0.1, -0.05) is 31.9 Å². The van der Waals surface area contributed by atoms with Gasteiger partial charge in [-0.2, -0.15) is 0 Å². The zero-order valence-electron chi connectivity index (χ0n) is 12.2. The first-order valence-electron chi connectivity index (χ1n) is 7.94. The highest BCUT2D eigenvalue weighted by Crippen LogP contribution is 2.44. The predicted octanol–water partition coefficient (Wildman–Crippen LogP) is 3.74. The number of nitrogens with two attached hydrogens (primary N) is 1. The van der Waals surface area contributed by atoms with E-state index in [0.29, 0.717) is 12.0 Å². The third-order valence-electron chi connectivity index (χ3n) is 4.99. The molecule has 2 aliphatic rings. The van der Waals surface area contributed by atoms with Gasteiger partial charge in [0.25, 0.3) is 0 Å². The van der Waals surface area contributed by atoms with E-state index in [2.05, 4.69) is 35.8 Å². The lowest BCUT2D eigenvalue weighted by Crippen LogP contribution is -2.43. The van der Waals surface area contributed by atoms with Crippen molar-refractivity contribution in [2.45, 2.75) is 57.0 Å². The minimum Gasteiger partial charge on any atom is -0.323 e. The smallest absolute Gasteiger partial charge is 0.130 e. The lowest BCUT2D eigenvalue weighted by atomic mass is 9.76. The highest BCUT2D eigenvalue weighted by Gasteiger charge is 2.40. The zero-order chi connectivity index (χ0) is 13.7. The van der Waals surface area contributed by atoms with E-state index in [0.717, 1.165) is 24.2 Å². The molecule has 4 rings (SSSR count). The fraction of sp³-hybridized carbons (Fsp3) is 0.588. The number of rotatable bonds is 2. The summed E-state index contributed by atoms with van der Waals surface area (Å²) in [5.74, 6) is 1.86. The van der Waals surface area contributed by atoms with Crippen LogP contribution in [0.2, 0.25) is 0 Å². The van der Waals surface area contributed by atoms with Crippen molar-refractivity contribution in [3.05, 3.63) is 30.1 Å². The Balaban J connectivity index is 1.88. The van der Waals surface area contributed by atoms with E-state index in [4.69, 9.17) is 10.7 Å². The number of aromatic nitrogens is 2. The van der Waals surface area contributed by atoms with E-state index in [1.165, 1.54) is 31.2 Å². The Hall–Kier alpha value is -1.35. The Labute approximate surface area is 120 Å².